The summed E-state index contributed by atoms with van der Waals surface area (Å²) in [5, 5.41) is 12.1. The molecule has 1 aliphatic heterocycles. The fraction of sp³-hybridized carbons (Fsp3) is 0.594. The van der Waals surface area contributed by atoms with Crippen molar-refractivity contribution < 1.29 is 42.9 Å². The smallest absolute Gasteiger partial charge is 0.345 e. The Hall–Kier alpha value is -3.73. The molecule has 0 saturated heterocycles. The maximum Gasteiger partial charge on any atom is 0.345 e. The molecule has 0 aromatic carbocycles. The summed E-state index contributed by atoms with van der Waals surface area (Å²) in [6, 6.07) is 5.02. The molecule has 0 spiro atoms. The largest absolute Gasteiger partial charge is 0.482 e. The molecule has 5 rings (SSSR count). The molecule has 0 bridgehead atoms. The van der Waals surface area contributed by atoms with Gasteiger partial charge in [-0.1, -0.05) is 20.8 Å². The van der Waals surface area contributed by atoms with Crippen molar-refractivity contribution >= 4 is 17.9 Å². The standard InChI is InChI=1S/C32H39NO10/c1-7-25(36)42-24-14-22-30(4,11-10-23(40-18(3)35)31(22,5)16-39-17(2)34)28-27(37)26-21(43-32(24,28)6)13-20(41-29(26)38)19-9-8-12-33-15-19/h8-9,12-13,15,22-24,27-28,37H,7,10-11,14,16H2,1-6H3/t22-,23-,24-,27-,28-,30+,31+,32-/m1/s1. The minimum Gasteiger partial charge on any atom is -0.482 e. The summed E-state index contributed by atoms with van der Waals surface area (Å²) in [4.78, 5) is 54.5. The van der Waals surface area contributed by atoms with Crippen molar-refractivity contribution in [1.82, 2.24) is 4.98 Å². The highest BCUT2D eigenvalue weighted by atomic mass is 16.6. The number of aliphatic hydroxyl groups is 1. The average Bonchev–Trinajstić information content (AvgIpc) is 2.94. The summed E-state index contributed by atoms with van der Waals surface area (Å²) in [5.74, 6) is -2.15. The summed E-state index contributed by atoms with van der Waals surface area (Å²) in [7, 11) is 0. The van der Waals surface area contributed by atoms with E-state index in [-0.39, 0.29) is 42.4 Å². The van der Waals surface area contributed by atoms with Crippen molar-refractivity contribution in [2.45, 2.75) is 91.1 Å². The first kappa shape index (κ1) is 30.7. The number of rotatable bonds is 6. The second-order valence-electron chi connectivity index (χ2n) is 12.7. The lowest BCUT2D eigenvalue weighted by Crippen LogP contribution is -2.71. The van der Waals surface area contributed by atoms with Gasteiger partial charge in [0.15, 0.2) is 0 Å². The maximum absolute atomic E-state index is 13.5. The maximum atomic E-state index is 13.5. The van der Waals surface area contributed by atoms with Crippen molar-refractivity contribution in [2.75, 3.05) is 6.61 Å². The number of nitrogens with zero attached hydrogens (tertiary/aromatic N) is 1. The monoisotopic (exact) mass is 597 g/mol. The van der Waals surface area contributed by atoms with Gasteiger partial charge in [-0.25, -0.2) is 4.79 Å². The zero-order chi connectivity index (χ0) is 31.3. The minimum absolute atomic E-state index is 0.0126. The zero-order valence-corrected chi connectivity index (χ0v) is 25.4. The van der Waals surface area contributed by atoms with Crippen LogP contribution in [0.25, 0.3) is 11.3 Å². The van der Waals surface area contributed by atoms with Crippen LogP contribution in [-0.4, -0.2) is 52.4 Å². The van der Waals surface area contributed by atoms with Crippen molar-refractivity contribution in [3.8, 4) is 17.1 Å². The Balaban J connectivity index is 1.67. The molecule has 3 heterocycles. The van der Waals surface area contributed by atoms with Crippen LogP contribution in [-0.2, 0) is 28.6 Å². The van der Waals surface area contributed by atoms with Crippen LogP contribution in [0.15, 0.2) is 39.8 Å². The molecule has 2 fully saturated rings. The fourth-order valence-electron chi connectivity index (χ4n) is 8.08. The number of ether oxygens (including phenoxy) is 4. The van der Waals surface area contributed by atoms with Crippen LogP contribution in [0.4, 0.5) is 0 Å². The van der Waals surface area contributed by atoms with E-state index in [2.05, 4.69) is 4.98 Å². The fourth-order valence-corrected chi connectivity index (χ4v) is 8.08. The molecule has 11 heteroatoms. The van der Waals surface area contributed by atoms with Crippen LogP contribution < -0.4 is 10.4 Å². The van der Waals surface area contributed by atoms with Crippen LogP contribution in [0, 0.1) is 22.7 Å². The average molecular weight is 598 g/mol. The van der Waals surface area contributed by atoms with Gasteiger partial charge in [0.1, 0.15) is 41.5 Å². The molecule has 2 aromatic rings. The molecule has 0 amide bonds. The Morgan fingerprint density at radius 3 is 2.49 bits per heavy atom. The van der Waals surface area contributed by atoms with Crippen molar-refractivity contribution in [3.05, 3.63) is 46.6 Å². The number of aliphatic hydroxyl groups excluding tert-OH is 1. The molecule has 43 heavy (non-hydrogen) atoms. The van der Waals surface area contributed by atoms with Crippen molar-refractivity contribution in [2.24, 2.45) is 22.7 Å². The third kappa shape index (κ3) is 5.11. The summed E-state index contributed by atoms with van der Waals surface area (Å²) in [5.41, 5.74) is -3.09. The molecule has 1 N–H and O–H groups in total. The summed E-state index contributed by atoms with van der Waals surface area (Å²) >= 11 is 0. The molecular weight excluding hydrogens is 558 g/mol. The normalized spacial score (nSPS) is 34.4. The van der Waals surface area contributed by atoms with E-state index in [1.54, 1.807) is 44.4 Å². The predicted octanol–water partition coefficient (Wildman–Crippen LogP) is 4.15. The van der Waals surface area contributed by atoms with Crippen LogP contribution >= 0.6 is 0 Å². The van der Waals surface area contributed by atoms with Crippen molar-refractivity contribution in [3.63, 3.8) is 0 Å². The Bertz CT molecular complexity index is 1470. The van der Waals surface area contributed by atoms with Gasteiger partial charge in [-0.15, -0.1) is 0 Å². The third-order valence-electron chi connectivity index (χ3n) is 9.98. The minimum atomic E-state index is -1.34. The Morgan fingerprint density at radius 1 is 1.12 bits per heavy atom. The molecule has 232 valence electrons. The lowest BCUT2D eigenvalue weighted by molar-refractivity contribution is -0.271. The van der Waals surface area contributed by atoms with Gasteiger partial charge in [0.25, 0.3) is 0 Å². The number of fused-ring (bicyclic) bond motifs is 4. The van der Waals surface area contributed by atoms with E-state index in [1.807, 2.05) is 13.8 Å². The number of hydrogen-bond donors (Lipinski definition) is 1. The number of aromatic nitrogens is 1. The second kappa shape index (κ2) is 11.1. The van der Waals surface area contributed by atoms with Gasteiger partial charge in [0.2, 0.25) is 0 Å². The van der Waals surface area contributed by atoms with Gasteiger partial charge in [-0.05, 0) is 49.7 Å². The first-order valence-corrected chi connectivity index (χ1v) is 14.7. The molecule has 2 saturated carbocycles. The van der Waals surface area contributed by atoms with Crippen LogP contribution in [0.5, 0.6) is 5.75 Å². The SMILES string of the molecule is CCC(=O)O[C@@H]1C[C@@H]2[C@](C)(CC[C@@H](OC(C)=O)[C@@]2(C)COC(C)=O)[C@H]2[C@H](O)c3c(cc(-c4cccnc4)oc3=O)O[C@@]21C. The van der Waals surface area contributed by atoms with Crippen molar-refractivity contribution in [1.29, 1.82) is 0 Å². The lowest BCUT2D eigenvalue weighted by Gasteiger charge is -2.66. The highest BCUT2D eigenvalue weighted by Crippen LogP contribution is 2.67. The van der Waals surface area contributed by atoms with Crippen LogP contribution in [0.2, 0.25) is 0 Å². The molecule has 3 aliphatic rings. The van der Waals surface area contributed by atoms with Gasteiger partial charge in [-0.3, -0.25) is 19.4 Å². The number of esters is 3. The van der Waals surface area contributed by atoms with Crippen LogP contribution in [0.1, 0.15) is 78.9 Å². The number of pyridine rings is 1. The first-order valence-electron chi connectivity index (χ1n) is 14.7. The van der Waals surface area contributed by atoms with E-state index in [0.717, 1.165) is 0 Å². The van der Waals surface area contributed by atoms with Gasteiger partial charge in [-0.2, -0.15) is 0 Å². The highest BCUT2D eigenvalue weighted by Gasteiger charge is 2.70. The second-order valence-corrected chi connectivity index (χ2v) is 12.7. The molecule has 0 radical (unpaired) electrons. The Labute approximate surface area is 249 Å². The molecule has 2 aliphatic carbocycles. The van der Waals surface area contributed by atoms with E-state index in [0.29, 0.717) is 18.4 Å². The van der Waals surface area contributed by atoms with E-state index in [1.165, 1.54) is 13.8 Å². The van der Waals surface area contributed by atoms with Gasteiger partial charge in [0, 0.05) is 55.6 Å². The summed E-state index contributed by atoms with van der Waals surface area (Å²) in [6.07, 6.45) is 1.67. The predicted molar refractivity (Wildman–Crippen MR) is 152 cm³/mol. The molecular formula is C32H39NO10. The topological polar surface area (TPSA) is 151 Å². The lowest BCUT2D eigenvalue weighted by atomic mass is 9.42. The summed E-state index contributed by atoms with van der Waals surface area (Å²) < 4.78 is 29.7. The molecule has 8 atom stereocenters. The summed E-state index contributed by atoms with van der Waals surface area (Å²) in [6.45, 7) is 9.99. The molecule has 2 aromatic heterocycles. The molecule has 0 unspecified atom stereocenters. The quantitative estimate of drug-likeness (QED) is 0.378. The Kier molecular flexibility index (Phi) is 7.91. The Morgan fingerprint density at radius 2 is 1.86 bits per heavy atom. The highest BCUT2D eigenvalue weighted by molar-refractivity contribution is 5.69. The van der Waals surface area contributed by atoms with Gasteiger partial charge in [0.05, 0.1) is 6.10 Å². The van der Waals surface area contributed by atoms with Gasteiger partial charge < -0.3 is 28.5 Å². The van der Waals surface area contributed by atoms with E-state index in [9.17, 15) is 24.3 Å². The zero-order valence-electron chi connectivity index (χ0n) is 25.4. The van der Waals surface area contributed by atoms with Crippen LogP contribution in [0.3, 0.4) is 0 Å². The molecule has 11 nitrogen and oxygen atoms in total. The van der Waals surface area contributed by atoms with E-state index in [4.69, 9.17) is 23.4 Å². The first-order chi connectivity index (χ1) is 20.2. The van der Waals surface area contributed by atoms with E-state index >= 15 is 0 Å². The van der Waals surface area contributed by atoms with Gasteiger partial charge >= 0.3 is 23.5 Å². The number of carbonyl (C=O) groups is 3. The third-order valence-corrected chi connectivity index (χ3v) is 9.98. The number of hydrogen-bond acceptors (Lipinski definition) is 11. The van der Waals surface area contributed by atoms with E-state index < -0.39 is 64.2 Å². The number of carbonyl (C=O) groups excluding carboxylic acids is 3.